The van der Waals surface area contributed by atoms with Crippen molar-refractivity contribution in [3.05, 3.63) is 0 Å². The summed E-state index contributed by atoms with van der Waals surface area (Å²) in [5.41, 5.74) is 5.43. The Bertz CT molecular complexity index is 249. The average molecular weight is 238 g/mol. The van der Waals surface area contributed by atoms with Crippen LogP contribution in [0.15, 0.2) is 0 Å². The van der Waals surface area contributed by atoms with Crippen LogP contribution in [-0.4, -0.2) is 24.2 Å². The number of rotatable bonds is 5. The smallest absolute Gasteiger partial charge is 0.356 e. The van der Waals surface area contributed by atoms with Gasteiger partial charge in [-0.15, -0.1) is 0 Å². The van der Waals surface area contributed by atoms with Gasteiger partial charge in [-0.2, -0.15) is 13.2 Å². The molecule has 0 atom stereocenters. The van der Waals surface area contributed by atoms with Gasteiger partial charge in [-0.1, -0.05) is 0 Å². The molecule has 0 bridgehead atoms. The first-order valence-electron chi connectivity index (χ1n) is 5.43. The van der Waals surface area contributed by atoms with Crippen LogP contribution in [0.2, 0.25) is 0 Å². The molecule has 0 aromatic heterocycles. The third kappa shape index (κ3) is 4.83. The van der Waals surface area contributed by atoms with E-state index in [0.29, 0.717) is 0 Å². The predicted molar refractivity (Wildman–Crippen MR) is 53.7 cm³/mol. The van der Waals surface area contributed by atoms with Crippen molar-refractivity contribution in [2.45, 2.75) is 50.2 Å². The zero-order chi connectivity index (χ0) is 12.2. The Morgan fingerprint density at radius 1 is 1.38 bits per heavy atom. The molecule has 0 saturated heterocycles. The predicted octanol–water partition coefficient (Wildman–Crippen LogP) is 1.72. The van der Waals surface area contributed by atoms with Crippen LogP contribution in [0, 0.1) is 0 Å². The van der Waals surface area contributed by atoms with E-state index in [4.69, 9.17) is 5.73 Å². The maximum absolute atomic E-state index is 11.8. The van der Waals surface area contributed by atoms with Crippen LogP contribution in [0.5, 0.6) is 0 Å². The van der Waals surface area contributed by atoms with E-state index in [0.717, 1.165) is 19.3 Å². The summed E-state index contributed by atoms with van der Waals surface area (Å²) in [6.45, 7) is 0.0639. The number of carbonyl (C=O) groups is 1. The first-order valence-corrected chi connectivity index (χ1v) is 5.43. The maximum Gasteiger partial charge on any atom is 0.389 e. The summed E-state index contributed by atoms with van der Waals surface area (Å²) in [5, 5.41) is 2.46. The van der Waals surface area contributed by atoms with E-state index in [9.17, 15) is 18.0 Å². The highest BCUT2D eigenvalue weighted by Gasteiger charge is 2.34. The Hall–Kier alpha value is -0.780. The van der Waals surface area contributed by atoms with E-state index in [1.165, 1.54) is 0 Å². The summed E-state index contributed by atoms with van der Waals surface area (Å²) in [6.07, 6.45) is -2.19. The molecule has 0 heterocycles. The molecule has 94 valence electrons. The van der Waals surface area contributed by atoms with E-state index in [1.807, 2.05) is 0 Å². The zero-order valence-corrected chi connectivity index (χ0v) is 9.07. The lowest BCUT2D eigenvalue weighted by Crippen LogP contribution is -2.50. The van der Waals surface area contributed by atoms with E-state index in [-0.39, 0.29) is 25.3 Å². The summed E-state index contributed by atoms with van der Waals surface area (Å²) in [5.74, 6) is -0.246. The van der Waals surface area contributed by atoms with Gasteiger partial charge in [0.2, 0.25) is 5.91 Å². The number of amides is 1. The van der Waals surface area contributed by atoms with E-state index in [2.05, 4.69) is 5.32 Å². The molecule has 1 saturated carbocycles. The van der Waals surface area contributed by atoms with Crippen molar-refractivity contribution in [1.29, 1.82) is 0 Å². The molecule has 1 amide bonds. The molecule has 0 radical (unpaired) electrons. The second kappa shape index (κ2) is 5.03. The highest BCUT2D eigenvalue weighted by atomic mass is 19.4. The summed E-state index contributed by atoms with van der Waals surface area (Å²) in [7, 11) is 0. The Morgan fingerprint density at radius 2 is 2.00 bits per heavy atom. The fraction of sp³-hybridized carbons (Fsp3) is 0.900. The quantitative estimate of drug-likeness (QED) is 0.716. The van der Waals surface area contributed by atoms with Gasteiger partial charge < -0.3 is 11.1 Å². The average Bonchev–Trinajstić information content (AvgIpc) is 2.08. The van der Waals surface area contributed by atoms with E-state index >= 15 is 0 Å². The number of hydrogen-bond acceptors (Lipinski definition) is 2. The Kier molecular flexibility index (Phi) is 4.18. The Balaban J connectivity index is 2.07. The van der Waals surface area contributed by atoms with Crippen molar-refractivity contribution in [3.63, 3.8) is 0 Å². The molecule has 1 fully saturated rings. The second-order valence-electron chi connectivity index (χ2n) is 4.46. The molecule has 3 nitrogen and oxygen atoms in total. The summed E-state index contributed by atoms with van der Waals surface area (Å²) >= 11 is 0. The molecular formula is C10H17F3N2O. The van der Waals surface area contributed by atoms with Crippen molar-refractivity contribution in [2.75, 3.05) is 6.54 Å². The minimum absolute atomic E-state index is 0.0639. The van der Waals surface area contributed by atoms with Crippen LogP contribution < -0.4 is 11.1 Å². The molecule has 3 N–H and O–H groups in total. The second-order valence-corrected chi connectivity index (χ2v) is 4.46. The molecular weight excluding hydrogens is 221 g/mol. The Labute approximate surface area is 92.6 Å². The van der Waals surface area contributed by atoms with Gasteiger partial charge in [0.1, 0.15) is 0 Å². The van der Waals surface area contributed by atoms with E-state index < -0.39 is 18.1 Å². The molecule has 0 aromatic carbocycles. The van der Waals surface area contributed by atoms with Crippen molar-refractivity contribution < 1.29 is 18.0 Å². The highest BCUT2D eigenvalue weighted by molar-refractivity contribution is 5.77. The molecule has 6 heteroatoms. The summed E-state index contributed by atoms with van der Waals surface area (Å²) in [6, 6.07) is 0. The van der Waals surface area contributed by atoms with Crippen LogP contribution in [0.25, 0.3) is 0 Å². The third-order valence-corrected chi connectivity index (χ3v) is 2.82. The van der Waals surface area contributed by atoms with Crippen LogP contribution in [0.3, 0.4) is 0 Å². The van der Waals surface area contributed by atoms with Crippen LogP contribution in [0.4, 0.5) is 13.2 Å². The third-order valence-electron chi connectivity index (χ3n) is 2.82. The molecule has 16 heavy (non-hydrogen) atoms. The molecule has 1 aliphatic rings. The van der Waals surface area contributed by atoms with Gasteiger partial charge in [-0.3, -0.25) is 4.79 Å². The monoisotopic (exact) mass is 238 g/mol. The number of carbonyl (C=O) groups excluding carboxylic acids is 1. The molecule has 0 aromatic rings. The molecule has 0 spiro atoms. The minimum atomic E-state index is -4.15. The number of nitrogens with two attached hydrogens (primary N) is 1. The van der Waals surface area contributed by atoms with E-state index in [1.54, 1.807) is 0 Å². The largest absolute Gasteiger partial charge is 0.389 e. The number of nitrogens with one attached hydrogen (secondary N) is 1. The first-order chi connectivity index (χ1) is 7.31. The summed E-state index contributed by atoms with van der Waals surface area (Å²) < 4.78 is 35.3. The number of hydrogen-bond donors (Lipinski definition) is 2. The van der Waals surface area contributed by atoms with Gasteiger partial charge in [0, 0.05) is 24.9 Å². The lowest BCUT2D eigenvalue weighted by Gasteiger charge is -2.37. The zero-order valence-electron chi connectivity index (χ0n) is 9.07. The van der Waals surface area contributed by atoms with Gasteiger partial charge in [0.15, 0.2) is 0 Å². The van der Waals surface area contributed by atoms with Crippen molar-refractivity contribution in [2.24, 2.45) is 5.73 Å². The number of alkyl halides is 3. The molecule has 0 unspecified atom stereocenters. The lowest BCUT2D eigenvalue weighted by molar-refractivity contribution is -0.136. The summed E-state index contributed by atoms with van der Waals surface area (Å²) in [4.78, 5) is 11.3. The van der Waals surface area contributed by atoms with Crippen molar-refractivity contribution in [3.8, 4) is 0 Å². The number of halogens is 3. The van der Waals surface area contributed by atoms with Crippen LogP contribution in [0.1, 0.15) is 38.5 Å². The van der Waals surface area contributed by atoms with Crippen LogP contribution in [-0.2, 0) is 4.79 Å². The van der Waals surface area contributed by atoms with Crippen molar-refractivity contribution in [1.82, 2.24) is 5.32 Å². The van der Waals surface area contributed by atoms with Gasteiger partial charge in [0.25, 0.3) is 0 Å². The topological polar surface area (TPSA) is 55.1 Å². The standard InChI is InChI=1S/C10H17F3N2O/c11-10(12,13)5-2-6-15-8(16)7-9(14)3-1-4-9/h1-7,14H2,(H,15,16). The molecule has 1 aliphatic carbocycles. The van der Waals surface area contributed by atoms with Gasteiger partial charge in [0.05, 0.1) is 0 Å². The van der Waals surface area contributed by atoms with Crippen LogP contribution >= 0.6 is 0 Å². The fourth-order valence-corrected chi connectivity index (χ4v) is 1.71. The molecule has 0 aliphatic heterocycles. The first kappa shape index (κ1) is 13.3. The fourth-order valence-electron chi connectivity index (χ4n) is 1.71. The van der Waals surface area contributed by atoms with Gasteiger partial charge in [-0.05, 0) is 25.7 Å². The van der Waals surface area contributed by atoms with Crippen molar-refractivity contribution >= 4 is 5.91 Å². The highest BCUT2D eigenvalue weighted by Crippen LogP contribution is 2.31. The van der Waals surface area contributed by atoms with Gasteiger partial charge >= 0.3 is 6.18 Å². The molecule has 1 rings (SSSR count). The lowest BCUT2D eigenvalue weighted by atomic mass is 9.75. The minimum Gasteiger partial charge on any atom is -0.356 e. The Morgan fingerprint density at radius 3 is 2.44 bits per heavy atom. The SMILES string of the molecule is NC1(CC(=O)NCCCC(F)(F)F)CCC1. The van der Waals surface area contributed by atoms with Gasteiger partial charge in [-0.25, -0.2) is 0 Å². The normalized spacial score (nSPS) is 19.0. The maximum atomic E-state index is 11.8.